The molecule has 0 saturated heterocycles. The lowest BCUT2D eigenvalue weighted by Crippen LogP contribution is -2.15. The summed E-state index contributed by atoms with van der Waals surface area (Å²) in [6.45, 7) is 4.28. The van der Waals surface area contributed by atoms with Crippen LogP contribution in [0.15, 0.2) is 47.6 Å². The Balaban J connectivity index is 1.51. The van der Waals surface area contributed by atoms with Crippen molar-refractivity contribution in [2.75, 3.05) is 16.4 Å². The van der Waals surface area contributed by atoms with E-state index in [0.717, 1.165) is 16.8 Å². The zero-order valence-electron chi connectivity index (χ0n) is 15.9. The molecule has 0 bridgehead atoms. The lowest BCUT2D eigenvalue weighted by atomic mass is 10.2. The summed E-state index contributed by atoms with van der Waals surface area (Å²) >= 11 is 1.18. The summed E-state index contributed by atoms with van der Waals surface area (Å²) in [7, 11) is 0. The molecular formula is C19H20N6O3S. The van der Waals surface area contributed by atoms with Gasteiger partial charge in [-0.2, -0.15) is 0 Å². The molecule has 1 aromatic heterocycles. The van der Waals surface area contributed by atoms with Gasteiger partial charge in [-0.1, -0.05) is 30.0 Å². The zero-order valence-corrected chi connectivity index (χ0v) is 16.7. The predicted molar refractivity (Wildman–Crippen MR) is 112 cm³/mol. The summed E-state index contributed by atoms with van der Waals surface area (Å²) in [5.74, 6) is 0.455. The Kier molecular flexibility index (Phi) is 6.45. The Labute approximate surface area is 171 Å². The third-order valence-corrected chi connectivity index (χ3v) is 4.87. The van der Waals surface area contributed by atoms with Crippen LogP contribution in [0.25, 0.3) is 0 Å². The minimum absolute atomic E-state index is 0.0710. The molecule has 0 aliphatic heterocycles. The summed E-state index contributed by atoms with van der Waals surface area (Å²) in [4.78, 5) is 26.9. The summed E-state index contributed by atoms with van der Waals surface area (Å²) in [5, 5.41) is 24.2. The lowest BCUT2D eigenvalue weighted by Gasteiger charge is -2.07. The number of nitro groups is 1. The molecule has 0 aliphatic rings. The first kappa shape index (κ1) is 20.3. The Morgan fingerprint density at radius 2 is 2.07 bits per heavy atom. The number of anilines is 2. The molecule has 0 aliphatic carbocycles. The molecule has 0 fully saturated rings. The number of carbonyl (C=O) groups is 1. The van der Waals surface area contributed by atoms with E-state index in [2.05, 4.69) is 25.8 Å². The van der Waals surface area contributed by atoms with Crippen LogP contribution in [-0.2, 0) is 11.3 Å². The number of carbonyl (C=O) groups excluding carboxylic acids is 1. The van der Waals surface area contributed by atoms with Crippen molar-refractivity contribution in [2.45, 2.75) is 25.5 Å². The van der Waals surface area contributed by atoms with Gasteiger partial charge in [-0.15, -0.1) is 5.10 Å². The van der Waals surface area contributed by atoms with E-state index < -0.39 is 4.92 Å². The van der Waals surface area contributed by atoms with Crippen LogP contribution in [0.1, 0.15) is 17.0 Å². The number of amides is 1. The molecule has 0 unspecified atom stereocenters. The first-order valence-electron chi connectivity index (χ1n) is 8.80. The van der Waals surface area contributed by atoms with Gasteiger partial charge in [0.05, 0.1) is 22.9 Å². The molecule has 10 heteroatoms. The monoisotopic (exact) mass is 412 g/mol. The van der Waals surface area contributed by atoms with E-state index in [4.69, 9.17) is 0 Å². The number of non-ortho nitro benzene ring substituents is 1. The van der Waals surface area contributed by atoms with E-state index in [1.807, 2.05) is 31.2 Å². The first-order chi connectivity index (χ1) is 13.9. The van der Waals surface area contributed by atoms with Crippen LogP contribution in [0, 0.1) is 24.0 Å². The van der Waals surface area contributed by atoms with Crippen molar-refractivity contribution in [2.24, 2.45) is 0 Å². The highest BCUT2D eigenvalue weighted by molar-refractivity contribution is 7.99. The van der Waals surface area contributed by atoms with Gasteiger partial charge < -0.3 is 10.6 Å². The maximum atomic E-state index is 12.2. The number of aromatic amines is 1. The maximum absolute atomic E-state index is 12.2. The number of thioether (sulfide) groups is 1. The second-order valence-corrected chi connectivity index (χ2v) is 7.32. The highest BCUT2D eigenvalue weighted by Gasteiger charge is 2.12. The average Bonchev–Trinajstić information content (AvgIpc) is 3.14. The van der Waals surface area contributed by atoms with Crippen LogP contribution in [0.3, 0.4) is 0 Å². The van der Waals surface area contributed by atoms with E-state index in [1.54, 1.807) is 13.0 Å². The maximum Gasteiger partial charge on any atom is 0.271 e. The van der Waals surface area contributed by atoms with Crippen molar-refractivity contribution in [1.82, 2.24) is 15.2 Å². The van der Waals surface area contributed by atoms with E-state index in [1.165, 1.54) is 23.9 Å². The van der Waals surface area contributed by atoms with E-state index in [-0.39, 0.29) is 17.3 Å². The van der Waals surface area contributed by atoms with Crippen molar-refractivity contribution < 1.29 is 9.72 Å². The molecule has 0 saturated carbocycles. The Hall–Kier alpha value is -3.40. The van der Waals surface area contributed by atoms with E-state index in [9.17, 15) is 14.9 Å². The Morgan fingerprint density at radius 3 is 2.83 bits per heavy atom. The molecule has 2 aromatic carbocycles. The molecular weight excluding hydrogens is 392 g/mol. The van der Waals surface area contributed by atoms with Crippen LogP contribution < -0.4 is 10.6 Å². The molecule has 3 aromatic rings. The minimum Gasteiger partial charge on any atom is -0.378 e. The Bertz CT molecular complexity index is 1040. The number of hydrogen-bond donors (Lipinski definition) is 3. The van der Waals surface area contributed by atoms with Crippen LogP contribution in [-0.4, -0.2) is 31.8 Å². The van der Waals surface area contributed by atoms with Gasteiger partial charge in [0.1, 0.15) is 5.82 Å². The van der Waals surface area contributed by atoms with Crippen LogP contribution >= 0.6 is 11.8 Å². The largest absolute Gasteiger partial charge is 0.378 e. The smallest absolute Gasteiger partial charge is 0.271 e. The predicted octanol–water partition coefficient (Wildman–Crippen LogP) is 3.67. The topological polar surface area (TPSA) is 126 Å². The third-order valence-electron chi connectivity index (χ3n) is 4.03. The van der Waals surface area contributed by atoms with Crippen LogP contribution in [0.4, 0.5) is 17.1 Å². The number of nitro benzene ring substituents is 1. The highest BCUT2D eigenvalue weighted by Crippen LogP contribution is 2.22. The highest BCUT2D eigenvalue weighted by atomic mass is 32.2. The molecule has 3 N–H and O–H groups in total. The standard InChI is InChI=1S/C19H20N6O3S/c1-12-4-3-5-14(8-12)20-10-17-22-19(24-23-17)29-11-18(26)21-16-9-15(25(27)28)7-6-13(16)2/h3-9,20H,10-11H2,1-2H3,(H,21,26)(H,22,23,24). The quantitative estimate of drug-likeness (QED) is 0.293. The number of rotatable bonds is 8. The third kappa shape index (κ3) is 5.79. The number of nitrogens with one attached hydrogen (secondary N) is 3. The summed E-state index contributed by atoms with van der Waals surface area (Å²) in [6, 6.07) is 12.4. The molecule has 29 heavy (non-hydrogen) atoms. The summed E-state index contributed by atoms with van der Waals surface area (Å²) in [5.41, 5.74) is 3.24. The number of benzene rings is 2. The van der Waals surface area contributed by atoms with Gasteiger partial charge in [-0.3, -0.25) is 20.0 Å². The Morgan fingerprint density at radius 1 is 1.24 bits per heavy atom. The van der Waals surface area contributed by atoms with Gasteiger partial charge in [-0.05, 0) is 37.1 Å². The van der Waals surface area contributed by atoms with Gasteiger partial charge in [0.2, 0.25) is 11.1 Å². The molecule has 1 heterocycles. The van der Waals surface area contributed by atoms with E-state index >= 15 is 0 Å². The summed E-state index contributed by atoms with van der Waals surface area (Å²) < 4.78 is 0. The SMILES string of the molecule is Cc1cccc(NCc2nc(SCC(=O)Nc3cc([N+](=O)[O-])ccc3C)n[nH]2)c1. The van der Waals surface area contributed by atoms with Crippen molar-refractivity contribution in [3.63, 3.8) is 0 Å². The fourth-order valence-corrected chi connectivity index (χ4v) is 3.15. The number of aryl methyl sites for hydroxylation is 2. The molecule has 150 valence electrons. The molecule has 3 rings (SSSR count). The van der Waals surface area contributed by atoms with Crippen LogP contribution in [0.5, 0.6) is 0 Å². The second kappa shape index (κ2) is 9.20. The lowest BCUT2D eigenvalue weighted by molar-refractivity contribution is -0.384. The van der Waals surface area contributed by atoms with Crippen molar-refractivity contribution in [3.8, 4) is 0 Å². The van der Waals surface area contributed by atoms with Crippen molar-refractivity contribution >= 4 is 34.7 Å². The summed E-state index contributed by atoms with van der Waals surface area (Å²) in [6.07, 6.45) is 0. The van der Waals surface area contributed by atoms with Gasteiger partial charge in [0.15, 0.2) is 0 Å². The van der Waals surface area contributed by atoms with Gasteiger partial charge in [-0.25, -0.2) is 4.98 Å². The molecule has 1 amide bonds. The normalized spacial score (nSPS) is 10.6. The van der Waals surface area contributed by atoms with Crippen molar-refractivity contribution in [1.29, 1.82) is 0 Å². The average molecular weight is 412 g/mol. The van der Waals surface area contributed by atoms with Gasteiger partial charge in [0, 0.05) is 17.8 Å². The van der Waals surface area contributed by atoms with Gasteiger partial charge in [0.25, 0.3) is 5.69 Å². The van der Waals surface area contributed by atoms with E-state index in [0.29, 0.717) is 23.2 Å². The fraction of sp³-hybridized carbons (Fsp3) is 0.211. The molecule has 0 radical (unpaired) electrons. The first-order valence-corrected chi connectivity index (χ1v) is 9.79. The van der Waals surface area contributed by atoms with Gasteiger partial charge >= 0.3 is 0 Å². The zero-order chi connectivity index (χ0) is 20.8. The second-order valence-electron chi connectivity index (χ2n) is 6.38. The number of hydrogen-bond acceptors (Lipinski definition) is 7. The minimum atomic E-state index is -0.496. The molecule has 0 atom stereocenters. The number of nitrogens with zero attached hydrogens (tertiary/aromatic N) is 3. The molecule has 0 spiro atoms. The number of aromatic nitrogens is 3. The number of H-pyrrole nitrogens is 1. The van der Waals surface area contributed by atoms with Crippen LogP contribution in [0.2, 0.25) is 0 Å². The van der Waals surface area contributed by atoms with Crippen molar-refractivity contribution in [3.05, 3.63) is 69.5 Å². The fourth-order valence-electron chi connectivity index (χ4n) is 2.54. The molecule has 9 nitrogen and oxygen atoms in total.